The number of nitrogens with zero attached hydrogens (tertiary/aromatic N) is 3. The summed E-state index contributed by atoms with van der Waals surface area (Å²) in [6, 6.07) is 18.0. The fourth-order valence-corrected chi connectivity index (χ4v) is 3.10. The fourth-order valence-electron chi connectivity index (χ4n) is 2.38. The van der Waals surface area contributed by atoms with Crippen molar-refractivity contribution in [2.45, 2.75) is 6.92 Å². The molecule has 2 aromatic carbocycles. The van der Waals surface area contributed by atoms with Crippen LogP contribution in [-0.4, -0.2) is 15.0 Å². The van der Waals surface area contributed by atoms with E-state index in [1.165, 1.54) is 0 Å². The van der Waals surface area contributed by atoms with Crippen molar-refractivity contribution in [2.75, 3.05) is 5.32 Å². The van der Waals surface area contributed by atoms with E-state index in [-0.39, 0.29) is 0 Å². The van der Waals surface area contributed by atoms with Crippen molar-refractivity contribution in [3.8, 4) is 11.3 Å². The molecule has 2 aromatic heterocycles. The highest BCUT2D eigenvalue weighted by Gasteiger charge is 2.09. The van der Waals surface area contributed by atoms with E-state index in [0.29, 0.717) is 0 Å². The van der Waals surface area contributed by atoms with E-state index in [9.17, 15) is 0 Å². The molecule has 0 aliphatic carbocycles. The molecule has 0 saturated heterocycles. The Bertz CT molecular complexity index is 963. The van der Waals surface area contributed by atoms with Gasteiger partial charge in [-0.2, -0.15) is 0 Å². The number of para-hydroxylation sites is 2. The third kappa shape index (κ3) is 2.78. The van der Waals surface area contributed by atoms with E-state index in [1.807, 2.05) is 54.8 Å². The molecule has 4 rings (SSSR count). The number of benzene rings is 2. The zero-order valence-corrected chi connectivity index (χ0v) is 13.3. The third-order valence-corrected chi connectivity index (χ3v) is 4.30. The van der Waals surface area contributed by atoms with Crippen LogP contribution in [0.5, 0.6) is 0 Å². The highest BCUT2D eigenvalue weighted by atomic mass is 32.1. The van der Waals surface area contributed by atoms with Crippen molar-refractivity contribution in [1.29, 1.82) is 0 Å². The van der Waals surface area contributed by atoms with Gasteiger partial charge in [0, 0.05) is 10.9 Å². The molecular formula is C18H14N4S. The van der Waals surface area contributed by atoms with Gasteiger partial charge in [-0.25, -0.2) is 15.0 Å². The summed E-state index contributed by atoms with van der Waals surface area (Å²) in [6.07, 6.45) is 0. The minimum atomic E-state index is 0.748. The summed E-state index contributed by atoms with van der Waals surface area (Å²) in [5.74, 6) is 0.748. The number of hydrogen-bond acceptors (Lipinski definition) is 5. The maximum Gasteiger partial charge on any atom is 0.188 e. The van der Waals surface area contributed by atoms with Gasteiger partial charge < -0.3 is 5.32 Å². The zero-order chi connectivity index (χ0) is 15.6. The van der Waals surface area contributed by atoms with Crippen LogP contribution < -0.4 is 5.32 Å². The van der Waals surface area contributed by atoms with Gasteiger partial charge in [-0.1, -0.05) is 42.5 Å². The summed E-state index contributed by atoms with van der Waals surface area (Å²) in [5, 5.41) is 6.15. The number of aromatic nitrogens is 3. The molecule has 0 spiro atoms. The number of fused-ring (bicyclic) bond motifs is 1. The van der Waals surface area contributed by atoms with Crippen LogP contribution in [0, 0.1) is 6.92 Å². The van der Waals surface area contributed by atoms with Gasteiger partial charge in [-0.3, -0.25) is 0 Å². The SMILES string of the molecule is Cc1nc2ccccc2nc1Nc1nc(-c2ccccc2)cs1. The maximum atomic E-state index is 4.65. The number of thiazole rings is 1. The van der Waals surface area contributed by atoms with Gasteiger partial charge in [0.1, 0.15) is 0 Å². The molecule has 1 N–H and O–H groups in total. The predicted octanol–water partition coefficient (Wildman–Crippen LogP) is 4.81. The molecule has 112 valence electrons. The Kier molecular flexibility index (Phi) is 3.48. The van der Waals surface area contributed by atoms with Gasteiger partial charge in [0.15, 0.2) is 10.9 Å². The molecule has 5 heteroatoms. The lowest BCUT2D eigenvalue weighted by atomic mass is 10.2. The van der Waals surface area contributed by atoms with Gasteiger partial charge >= 0.3 is 0 Å². The first-order valence-corrected chi connectivity index (χ1v) is 8.19. The normalized spacial score (nSPS) is 10.8. The van der Waals surface area contributed by atoms with Gasteiger partial charge in [0.25, 0.3) is 0 Å². The fraction of sp³-hybridized carbons (Fsp3) is 0.0556. The molecule has 4 nitrogen and oxygen atoms in total. The van der Waals surface area contributed by atoms with E-state index >= 15 is 0 Å². The van der Waals surface area contributed by atoms with Crippen LogP contribution in [0.1, 0.15) is 5.69 Å². The van der Waals surface area contributed by atoms with Crippen LogP contribution in [-0.2, 0) is 0 Å². The Morgan fingerprint density at radius 2 is 1.52 bits per heavy atom. The van der Waals surface area contributed by atoms with E-state index in [1.54, 1.807) is 11.3 Å². The quantitative estimate of drug-likeness (QED) is 0.589. The molecule has 0 amide bonds. The third-order valence-electron chi connectivity index (χ3n) is 3.54. The number of aryl methyl sites for hydroxylation is 1. The Hall–Kier alpha value is -2.79. The summed E-state index contributed by atoms with van der Waals surface area (Å²) in [5.41, 5.74) is 4.71. The van der Waals surface area contributed by atoms with Gasteiger partial charge in [0.2, 0.25) is 0 Å². The van der Waals surface area contributed by atoms with Crippen molar-refractivity contribution < 1.29 is 0 Å². The highest BCUT2D eigenvalue weighted by molar-refractivity contribution is 7.14. The van der Waals surface area contributed by atoms with E-state index < -0.39 is 0 Å². The molecule has 2 heterocycles. The van der Waals surface area contributed by atoms with Gasteiger partial charge in [-0.05, 0) is 19.1 Å². The average Bonchev–Trinajstić information content (AvgIpc) is 3.05. The van der Waals surface area contributed by atoms with Crippen LogP contribution in [0.25, 0.3) is 22.3 Å². The lowest BCUT2D eigenvalue weighted by Gasteiger charge is -2.06. The first kappa shape index (κ1) is 13.8. The van der Waals surface area contributed by atoms with E-state index in [4.69, 9.17) is 0 Å². The molecule has 0 radical (unpaired) electrons. The molecule has 0 unspecified atom stereocenters. The molecular weight excluding hydrogens is 304 g/mol. The molecule has 0 aliphatic rings. The minimum absolute atomic E-state index is 0.748. The van der Waals surface area contributed by atoms with Crippen molar-refractivity contribution in [3.63, 3.8) is 0 Å². The van der Waals surface area contributed by atoms with Crippen molar-refractivity contribution in [2.24, 2.45) is 0 Å². The standard InChI is InChI=1S/C18H14N4S/c1-12-17(20-15-10-6-5-9-14(15)19-12)22-18-21-16(11-23-18)13-7-3-2-4-8-13/h2-11H,1H3,(H,20,21,22). The summed E-state index contributed by atoms with van der Waals surface area (Å²) in [4.78, 5) is 13.9. The van der Waals surface area contributed by atoms with Crippen molar-refractivity contribution in [3.05, 3.63) is 65.7 Å². The van der Waals surface area contributed by atoms with Gasteiger partial charge in [0.05, 0.1) is 22.4 Å². The van der Waals surface area contributed by atoms with Crippen LogP contribution in [0.15, 0.2) is 60.0 Å². The lowest BCUT2D eigenvalue weighted by Crippen LogP contribution is -1.99. The van der Waals surface area contributed by atoms with Crippen LogP contribution in [0.2, 0.25) is 0 Å². The van der Waals surface area contributed by atoms with Crippen molar-refractivity contribution in [1.82, 2.24) is 15.0 Å². The Morgan fingerprint density at radius 3 is 2.30 bits per heavy atom. The number of anilines is 2. The van der Waals surface area contributed by atoms with Crippen molar-refractivity contribution >= 4 is 33.3 Å². The highest BCUT2D eigenvalue weighted by Crippen LogP contribution is 2.27. The number of hydrogen-bond donors (Lipinski definition) is 1. The second-order valence-corrected chi connectivity index (χ2v) is 6.03. The summed E-state index contributed by atoms with van der Waals surface area (Å²) >= 11 is 1.56. The second-order valence-electron chi connectivity index (χ2n) is 5.18. The minimum Gasteiger partial charge on any atom is -0.315 e. The smallest absolute Gasteiger partial charge is 0.188 e. The summed E-state index contributed by atoms with van der Waals surface area (Å²) in [6.45, 7) is 1.95. The topological polar surface area (TPSA) is 50.7 Å². The molecule has 23 heavy (non-hydrogen) atoms. The Labute approximate surface area is 137 Å². The first-order chi connectivity index (χ1) is 11.3. The molecule has 0 saturated carbocycles. The predicted molar refractivity (Wildman–Crippen MR) is 95.1 cm³/mol. The Balaban J connectivity index is 1.66. The van der Waals surface area contributed by atoms with Crippen LogP contribution in [0.4, 0.5) is 10.9 Å². The maximum absolute atomic E-state index is 4.65. The van der Waals surface area contributed by atoms with Gasteiger partial charge in [-0.15, -0.1) is 11.3 Å². The zero-order valence-electron chi connectivity index (χ0n) is 12.5. The number of rotatable bonds is 3. The van der Waals surface area contributed by atoms with Crippen LogP contribution >= 0.6 is 11.3 Å². The summed E-state index contributed by atoms with van der Waals surface area (Å²) < 4.78 is 0. The number of nitrogens with one attached hydrogen (secondary N) is 1. The molecule has 4 aromatic rings. The van der Waals surface area contributed by atoms with E-state index in [2.05, 4.69) is 32.4 Å². The largest absolute Gasteiger partial charge is 0.315 e. The summed E-state index contributed by atoms with van der Waals surface area (Å²) in [7, 11) is 0. The Morgan fingerprint density at radius 1 is 0.826 bits per heavy atom. The van der Waals surface area contributed by atoms with Crippen LogP contribution in [0.3, 0.4) is 0 Å². The average molecular weight is 318 g/mol. The lowest BCUT2D eigenvalue weighted by molar-refractivity contribution is 1.18. The monoisotopic (exact) mass is 318 g/mol. The molecule has 0 fully saturated rings. The first-order valence-electron chi connectivity index (χ1n) is 7.31. The molecule has 0 aliphatic heterocycles. The molecule has 0 bridgehead atoms. The second kappa shape index (κ2) is 5.78. The van der Waals surface area contributed by atoms with E-state index in [0.717, 1.165) is 38.9 Å². The molecule has 0 atom stereocenters.